The van der Waals surface area contributed by atoms with Gasteiger partial charge in [-0.25, -0.2) is 4.39 Å². The molecule has 0 saturated carbocycles. The van der Waals surface area contributed by atoms with Gasteiger partial charge in [-0.3, -0.25) is 4.79 Å². The van der Waals surface area contributed by atoms with Crippen LogP contribution in [-0.2, 0) is 11.3 Å². The van der Waals surface area contributed by atoms with Gasteiger partial charge in [0.25, 0.3) is 5.91 Å². The van der Waals surface area contributed by atoms with E-state index in [1.807, 2.05) is 24.3 Å². The van der Waals surface area contributed by atoms with Crippen LogP contribution < -0.4 is 21.3 Å². The smallest absolute Gasteiger partial charge is 0.252 e. The summed E-state index contributed by atoms with van der Waals surface area (Å²) in [7, 11) is 0. The standard InChI is InChI=1S/C25H27ClFN5O/c1-16(29-7-2-6-28)24-12-18-11-22(3-4-23(18)31-24)32-8-5-21(14-25(32)33)30-15-17-9-19(26)13-20(27)10-17/h3-4,9-14,29-31H,1-2,5-8,15,28H2. The molecule has 2 heterocycles. The molecule has 0 spiro atoms. The molecule has 8 heteroatoms. The van der Waals surface area contributed by atoms with Crippen LogP contribution in [0.2, 0.25) is 5.02 Å². The molecular formula is C25H27ClFN5O. The first-order valence-corrected chi connectivity index (χ1v) is 11.3. The fourth-order valence-corrected chi connectivity index (χ4v) is 4.10. The number of benzene rings is 2. The second kappa shape index (κ2) is 10.1. The molecular weight excluding hydrogens is 441 g/mol. The third kappa shape index (κ3) is 5.56. The second-order valence-corrected chi connectivity index (χ2v) is 8.48. The Morgan fingerprint density at radius 2 is 2.09 bits per heavy atom. The fraction of sp³-hybridized carbons (Fsp3) is 0.240. The first-order valence-electron chi connectivity index (χ1n) is 10.9. The fourth-order valence-electron chi connectivity index (χ4n) is 3.85. The third-order valence-corrected chi connectivity index (χ3v) is 5.79. The van der Waals surface area contributed by atoms with Crippen molar-refractivity contribution in [1.82, 2.24) is 15.6 Å². The number of hydrogen-bond acceptors (Lipinski definition) is 4. The molecule has 1 aliphatic rings. The average molecular weight is 468 g/mol. The van der Waals surface area contributed by atoms with Gasteiger partial charge in [0.2, 0.25) is 0 Å². The largest absolute Gasteiger partial charge is 0.384 e. The summed E-state index contributed by atoms with van der Waals surface area (Å²) >= 11 is 5.91. The van der Waals surface area contributed by atoms with Gasteiger partial charge < -0.3 is 26.3 Å². The maximum Gasteiger partial charge on any atom is 0.252 e. The highest BCUT2D eigenvalue weighted by atomic mass is 35.5. The van der Waals surface area contributed by atoms with Crippen molar-refractivity contribution in [2.45, 2.75) is 19.4 Å². The van der Waals surface area contributed by atoms with E-state index in [2.05, 4.69) is 22.2 Å². The lowest BCUT2D eigenvalue weighted by Crippen LogP contribution is -2.36. The number of hydrogen-bond donors (Lipinski definition) is 4. The Kier molecular flexibility index (Phi) is 7.01. The summed E-state index contributed by atoms with van der Waals surface area (Å²) in [6, 6.07) is 12.3. The maximum absolute atomic E-state index is 13.5. The lowest BCUT2D eigenvalue weighted by Gasteiger charge is -2.27. The Morgan fingerprint density at radius 1 is 1.24 bits per heavy atom. The predicted octanol–water partition coefficient (Wildman–Crippen LogP) is 4.28. The molecule has 0 atom stereocenters. The number of fused-ring (bicyclic) bond motifs is 1. The van der Waals surface area contributed by atoms with Gasteiger partial charge in [0, 0.05) is 59.4 Å². The number of rotatable bonds is 9. The normalized spacial score (nSPS) is 13.8. The summed E-state index contributed by atoms with van der Waals surface area (Å²) < 4.78 is 13.5. The number of aromatic amines is 1. The van der Waals surface area contributed by atoms with Crippen LogP contribution in [0.3, 0.4) is 0 Å². The number of H-pyrrole nitrogens is 1. The van der Waals surface area contributed by atoms with Crippen molar-refractivity contribution in [1.29, 1.82) is 0 Å². The Hall–Kier alpha value is -3.29. The number of anilines is 1. The van der Waals surface area contributed by atoms with Crippen molar-refractivity contribution in [3.05, 3.63) is 82.9 Å². The van der Waals surface area contributed by atoms with Crippen LogP contribution in [0.25, 0.3) is 16.6 Å². The summed E-state index contributed by atoms with van der Waals surface area (Å²) in [5, 5.41) is 7.85. The van der Waals surface area contributed by atoms with E-state index in [-0.39, 0.29) is 11.7 Å². The van der Waals surface area contributed by atoms with Gasteiger partial charge in [0.15, 0.2) is 0 Å². The minimum Gasteiger partial charge on any atom is -0.384 e. The number of aromatic nitrogens is 1. The Balaban J connectivity index is 1.42. The van der Waals surface area contributed by atoms with E-state index in [4.69, 9.17) is 17.3 Å². The molecule has 0 unspecified atom stereocenters. The van der Waals surface area contributed by atoms with Crippen LogP contribution in [-0.4, -0.2) is 30.5 Å². The molecule has 1 aromatic heterocycles. The molecule has 172 valence electrons. The average Bonchev–Trinajstić information content (AvgIpc) is 3.21. The Bertz CT molecular complexity index is 1200. The molecule has 3 aromatic rings. The molecule has 6 nitrogen and oxygen atoms in total. The summed E-state index contributed by atoms with van der Waals surface area (Å²) in [5.74, 6) is -0.471. The molecule has 0 fully saturated rings. The molecule has 2 aromatic carbocycles. The summed E-state index contributed by atoms with van der Waals surface area (Å²) in [6.45, 7) is 6.44. The van der Waals surface area contributed by atoms with Crippen LogP contribution in [0, 0.1) is 5.82 Å². The zero-order chi connectivity index (χ0) is 23.4. The molecule has 0 radical (unpaired) electrons. The number of nitrogens with two attached hydrogens (primary N) is 1. The van der Waals surface area contributed by atoms with Gasteiger partial charge in [0.1, 0.15) is 5.82 Å². The van der Waals surface area contributed by atoms with Crippen LogP contribution in [0.5, 0.6) is 0 Å². The van der Waals surface area contributed by atoms with Crippen molar-refractivity contribution >= 4 is 39.8 Å². The quantitative estimate of drug-likeness (QED) is 0.354. The number of nitrogens with one attached hydrogen (secondary N) is 3. The van der Waals surface area contributed by atoms with Gasteiger partial charge in [-0.2, -0.15) is 0 Å². The maximum atomic E-state index is 13.5. The van der Waals surface area contributed by atoms with Crippen LogP contribution in [0.15, 0.2) is 60.8 Å². The Labute approximate surface area is 197 Å². The van der Waals surface area contributed by atoms with E-state index in [1.165, 1.54) is 12.1 Å². The predicted molar refractivity (Wildman–Crippen MR) is 132 cm³/mol. The number of carbonyl (C=O) groups is 1. The van der Waals surface area contributed by atoms with Crippen LogP contribution >= 0.6 is 11.6 Å². The minimum absolute atomic E-state index is 0.0935. The molecule has 4 rings (SSSR count). The molecule has 0 aliphatic carbocycles. The van der Waals surface area contributed by atoms with Gasteiger partial charge in [-0.1, -0.05) is 18.2 Å². The number of carbonyl (C=O) groups excluding carboxylic acids is 1. The lowest BCUT2D eigenvalue weighted by molar-refractivity contribution is -0.114. The minimum atomic E-state index is -0.377. The molecule has 33 heavy (non-hydrogen) atoms. The van der Waals surface area contributed by atoms with E-state index < -0.39 is 0 Å². The highest BCUT2D eigenvalue weighted by molar-refractivity contribution is 6.30. The van der Waals surface area contributed by atoms with Crippen molar-refractivity contribution in [3.63, 3.8) is 0 Å². The summed E-state index contributed by atoms with van der Waals surface area (Å²) in [6.07, 6.45) is 3.15. The molecule has 5 N–H and O–H groups in total. The highest BCUT2D eigenvalue weighted by Crippen LogP contribution is 2.27. The first-order chi connectivity index (χ1) is 15.9. The van der Waals surface area contributed by atoms with Crippen molar-refractivity contribution in [2.24, 2.45) is 5.73 Å². The van der Waals surface area contributed by atoms with E-state index in [0.29, 0.717) is 31.1 Å². The zero-order valence-electron chi connectivity index (χ0n) is 18.3. The first kappa shape index (κ1) is 22.9. The molecule has 0 saturated heterocycles. The van der Waals surface area contributed by atoms with Crippen LogP contribution in [0.1, 0.15) is 24.1 Å². The second-order valence-electron chi connectivity index (χ2n) is 8.04. The Morgan fingerprint density at radius 3 is 2.85 bits per heavy atom. The number of amides is 1. The highest BCUT2D eigenvalue weighted by Gasteiger charge is 2.20. The summed E-state index contributed by atoms with van der Waals surface area (Å²) in [5.41, 5.74) is 10.6. The molecule has 1 aliphatic heterocycles. The van der Waals surface area contributed by atoms with Crippen LogP contribution in [0.4, 0.5) is 10.1 Å². The van der Waals surface area contributed by atoms with Gasteiger partial charge in [0.05, 0.1) is 11.4 Å². The number of halogens is 2. The monoisotopic (exact) mass is 467 g/mol. The van der Waals surface area contributed by atoms with E-state index in [0.717, 1.165) is 52.2 Å². The van der Waals surface area contributed by atoms with E-state index in [9.17, 15) is 9.18 Å². The number of nitrogens with zero attached hydrogens (tertiary/aromatic N) is 1. The van der Waals surface area contributed by atoms with E-state index in [1.54, 1.807) is 17.0 Å². The molecule has 1 amide bonds. The SMILES string of the molecule is C=C(NCCCN)c1cc2cc(N3CCC(NCc4cc(F)cc(Cl)c4)=CC3=O)ccc2[nH]1. The van der Waals surface area contributed by atoms with E-state index >= 15 is 0 Å². The van der Waals surface area contributed by atoms with Gasteiger partial charge in [-0.05, 0) is 61.0 Å². The van der Waals surface area contributed by atoms with Gasteiger partial charge >= 0.3 is 0 Å². The third-order valence-electron chi connectivity index (χ3n) is 5.57. The van der Waals surface area contributed by atoms with Crippen molar-refractivity contribution in [3.8, 4) is 0 Å². The molecule has 0 bridgehead atoms. The zero-order valence-corrected chi connectivity index (χ0v) is 19.0. The topological polar surface area (TPSA) is 86.2 Å². The van der Waals surface area contributed by atoms with Crippen molar-refractivity contribution < 1.29 is 9.18 Å². The van der Waals surface area contributed by atoms with Crippen molar-refractivity contribution in [2.75, 3.05) is 24.5 Å². The van der Waals surface area contributed by atoms with Gasteiger partial charge in [-0.15, -0.1) is 0 Å². The lowest BCUT2D eigenvalue weighted by atomic mass is 10.1. The summed E-state index contributed by atoms with van der Waals surface area (Å²) in [4.78, 5) is 17.9.